The minimum absolute atomic E-state index is 0.00787. The van der Waals surface area contributed by atoms with Gasteiger partial charge in [-0.05, 0) is 24.1 Å². The maximum Gasteiger partial charge on any atom is 0.434 e. The molecule has 2 aromatic heterocycles. The molecule has 0 aromatic carbocycles. The molecule has 0 radical (unpaired) electrons. The predicted molar refractivity (Wildman–Crippen MR) is 80.8 cm³/mol. The number of hydrogen-bond acceptors (Lipinski definition) is 5. The van der Waals surface area contributed by atoms with Crippen LogP contribution < -0.4 is 0 Å². The number of carbonyl (C=O) groups is 3. The highest BCUT2D eigenvalue weighted by Gasteiger charge is 2.44. The molecule has 0 saturated heterocycles. The van der Waals surface area contributed by atoms with Gasteiger partial charge in [-0.2, -0.15) is 13.2 Å². The molecule has 25 heavy (non-hydrogen) atoms. The van der Waals surface area contributed by atoms with Gasteiger partial charge in [-0.25, -0.2) is 9.97 Å². The molecule has 0 bridgehead atoms. The molecular formula is C17H13F3N2O3. The first kappa shape index (κ1) is 17.2. The van der Waals surface area contributed by atoms with Gasteiger partial charge in [-0.3, -0.25) is 14.4 Å². The molecule has 1 aliphatic rings. The van der Waals surface area contributed by atoms with Crippen LogP contribution in [0.15, 0.2) is 24.4 Å². The molecular weight excluding hydrogens is 337 g/mol. The van der Waals surface area contributed by atoms with Crippen molar-refractivity contribution in [2.24, 2.45) is 11.8 Å². The normalized spacial score (nSPS) is 21.6. The fourth-order valence-corrected chi connectivity index (χ4v) is 3.03. The van der Waals surface area contributed by atoms with Crippen LogP contribution in [0, 0.1) is 11.8 Å². The lowest BCUT2D eigenvalue weighted by Gasteiger charge is -2.23. The van der Waals surface area contributed by atoms with E-state index in [0.29, 0.717) is 0 Å². The molecule has 0 spiro atoms. The number of ketones is 3. The monoisotopic (exact) mass is 350 g/mol. The summed E-state index contributed by atoms with van der Waals surface area (Å²) in [5, 5.41) is 0.225. The number of Topliss-reactive ketones (excluding diaryl/α,β-unsaturated/α-hetero) is 3. The number of carbonyl (C=O) groups excluding carboxylic acids is 3. The summed E-state index contributed by atoms with van der Waals surface area (Å²) in [4.78, 5) is 44.0. The summed E-state index contributed by atoms with van der Waals surface area (Å²) in [5.74, 6) is -4.34. The van der Waals surface area contributed by atoms with E-state index in [1.54, 1.807) is 6.92 Å². The Morgan fingerprint density at radius 2 is 1.84 bits per heavy atom. The van der Waals surface area contributed by atoms with Crippen molar-refractivity contribution in [2.45, 2.75) is 25.9 Å². The molecule has 130 valence electrons. The number of pyridine rings is 2. The number of alkyl halides is 3. The van der Waals surface area contributed by atoms with Gasteiger partial charge in [0.1, 0.15) is 5.92 Å². The number of rotatable bonds is 2. The Morgan fingerprint density at radius 3 is 2.44 bits per heavy atom. The van der Waals surface area contributed by atoms with E-state index in [0.717, 1.165) is 6.07 Å². The lowest BCUT2D eigenvalue weighted by Crippen LogP contribution is -2.39. The van der Waals surface area contributed by atoms with Crippen LogP contribution in [-0.4, -0.2) is 27.3 Å². The Hall–Kier alpha value is -2.64. The number of fused-ring (bicyclic) bond motifs is 1. The topological polar surface area (TPSA) is 77.0 Å². The molecule has 0 unspecified atom stereocenters. The van der Waals surface area contributed by atoms with Crippen LogP contribution in [0.4, 0.5) is 13.2 Å². The first-order valence-electron chi connectivity index (χ1n) is 7.61. The number of nitrogens with zero attached hydrogens (tertiary/aromatic N) is 2. The first-order valence-corrected chi connectivity index (χ1v) is 7.61. The molecule has 5 nitrogen and oxygen atoms in total. The Balaban J connectivity index is 2.15. The standard InChI is InChI=1S/C17H13F3N2O3/c1-8-5-11(23)13(12(24)6-8)14(25)10-7-9-3-2-4-21-16(9)22-15(10)17(18,19)20/h2-4,7-8,13H,5-6H2,1H3. The summed E-state index contributed by atoms with van der Waals surface area (Å²) < 4.78 is 40.0. The third-order valence-electron chi connectivity index (χ3n) is 4.13. The zero-order chi connectivity index (χ0) is 18.4. The van der Waals surface area contributed by atoms with Gasteiger partial charge in [-0.15, -0.1) is 0 Å². The van der Waals surface area contributed by atoms with Crippen molar-refractivity contribution in [1.29, 1.82) is 0 Å². The number of halogens is 3. The van der Waals surface area contributed by atoms with Crippen LogP contribution in [0.25, 0.3) is 11.0 Å². The van der Waals surface area contributed by atoms with E-state index in [1.165, 1.54) is 18.3 Å². The van der Waals surface area contributed by atoms with E-state index in [1.807, 2.05) is 0 Å². The summed E-state index contributed by atoms with van der Waals surface area (Å²) in [6, 6.07) is 3.95. The molecule has 0 N–H and O–H groups in total. The van der Waals surface area contributed by atoms with Crippen molar-refractivity contribution in [2.75, 3.05) is 0 Å². The third kappa shape index (κ3) is 3.16. The minimum atomic E-state index is -4.91. The second kappa shape index (κ2) is 6.02. The lowest BCUT2D eigenvalue weighted by atomic mass is 9.77. The smallest absolute Gasteiger partial charge is 0.298 e. The summed E-state index contributed by atoms with van der Waals surface area (Å²) in [5.41, 5.74) is -2.36. The van der Waals surface area contributed by atoms with Crippen molar-refractivity contribution >= 4 is 28.4 Å². The van der Waals surface area contributed by atoms with Crippen LogP contribution in [0.3, 0.4) is 0 Å². The van der Waals surface area contributed by atoms with Gasteiger partial charge < -0.3 is 0 Å². The van der Waals surface area contributed by atoms with Crippen LogP contribution in [0.5, 0.6) is 0 Å². The molecule has 0 atom stereocenters. The number of hydrogen-bond donors (Lipinski definition) is 0. The Kier molecular flexibility index (Phi) is 4.14. The van der Waals surface area contributed by atoms with Crippen LogP contribution in [-0.2, 0) is 15.8 Å². The van der Waals surface area contributed by atoms with Crippen molar-refractivity contribution in [3.63, 3.8) is 0 Å². The maximum atomic E-state index is 13.3. The SMILES string of the molecule is CC1CC(=O)C(C(=O)c2cc3cccnc3nc2C(F)(F)F)C(=O)C1. The summed E-state index contributed by atoms with van der Waals surface area (Å²) >= 11 is 0. The van der Waals surface area contributed by atoms with Crippen LogP contribution in [0.1, 0.15) is 35.8 Å². The molecule has 2 heterocycles. The van der Waals surface area contributed by atoms with Gasteiger partial charge in [0.05, 0.1) is 5.56 Å². The fourth-order valence-electron chi connectivity index (χ4n) is 3.03. The fraction of sp³-hybridized carbons (Fsp3) is 0.353. The molecule has 3 rings (SSSR count). The van der Waals surface area contributed by atoms with E-state index in [2.05, 4.69) is 9.97 Å². The predicted octanol–water partition coefficient (Wildman–Crippen LogP) is 3.02. The van der Waals surface area contributed by atoms with Crippen molar-refractivity contribution < 1.29 is 27.6 Å². The van der Waals surface area contributed by atoms with Gasteiger partial charge in [0, 0.05) is 24.4 Å². The number of aromatic nitrogens is 2. The van der Waals surface area contributed by atoms with Gasteiger partial charge >= 0.3 is 6.18 Å². The average molecular weight is 350 g/mol. The van der Waals surface area contributed by atoms with E-state index < -0.39 is 40.7 Å². The van der Waals surface area contributed by atoms with Gasteiger partial charge in [-0.1, -0.05) is 6.92 Å². The third-order valence-corrected chi connectivity index (χ3v) is 4.13. The van der Waals surface area contributed by atoms with E-state index >= 15 is 0 Å². The van der Waals surface area contributed by atoms with Crippen LogP contribution in [0.2, 0.25) is 0 Å². The Bertz CT molecular complexity index is 874. The quantitative estimate of drug-likeness (QED) is 0.615. The first-order chi connectivity index (χ1) is 11.7. The molecule has 0 aliphatic heterocycles. The molecule has 1 fully saturated rings. The maximum absolute atomic E-state index is 13.3. The van der Waals surface area contributed by atoms with Crippen molar-refractivity contribution in [3.05, 3.63) is 35.7 Å². The highest BCUT2D eigenvalue weighted by atomic mass is 19.4. The summed E-state index contributed by atoms with van der Waals surface area (Å²) in [7, 11) is 0. The highest BCUT2D eigenvalue weighted by molar-refractivity contribution is 6.25. The summed E-state index contributed by atoms with van der Waals surface area (Å²) in [6.07, 6.45) is -3.64. The van der Waals surface area contributed by atoms with E-state index in [9.17, 15) is 27.6 Å². The Morgan fingerprint density at radius 1 is 1.20 bits per heavy atom. The Labute approximate surface area is 140 Å². The second-order valence-corrected chi connectivity index (χ2v) is 6.18. The van der Waals surface area contributed by atoms with Crippen molar-refractivity contribution in [1.82, 2.24) is 9.97 Å². The van der Waals surface area contributed by atoms with E-state index in [-0.39, 0.29) is 29.8 Å². The second-order valence-electron chi connectivity index (χ2n) is 6.18. The molecule has 2 aromatic rings. The molecule has 1 aliphatic carbocycles. The molecule has 8 heteroatoms. The summed E-state index contributed by atoms with van der Waals surface area (Å²) in [6.45, 7) is 1.68. The van der Waals surface area contributed by atoms with Gasteiger partial charge in [0.2, 0.25) is 0 Å². The largest absolute Gasteiger partial charge is 0.434 e. The molecule has 0 amide bonds. The van der Waals surface area contributed by atoms with E-state index in [4.69, 9.17) is 0 Å². The van der Waals surface area contributed by atoms with Crippen LogP contribution >= 0.6 is 0 Å². The average Bonchev–Trinajstić information content (AvgIpc) is 2.51. The minimum Gasteiger partial charge on any atom is -0.298 e. The zero-order valence-electron chi connectivity index (χ0n) is 13.1. The zero-order valence-corrected chi connectivity index (χ0v) is 13.1. The highest BCUT2D eigenvalue weighted by Crippen LogP contribution is 2.34. The van der Waals surface area contributed by atoms with Gasteiger partial charge in [0.15, 0.2) is 28.7 Å². The lowest BCUT2D eigenvalue weighted by molar-refractivity contribution is -0.142. The molecule has 1 saturated carbocycles. The van der Waals surface area contributed by atoms with Gasteiger partial charge in [0.25, 0.3) is 0 Å². The van der Waals surface area contributed by atoms with Crippen molar-refractivity contribution in [3.8, 4) is 0 Å².